The van der Waals surface area contributed by atoms with E-state index in [-0.39, 0.29) is 17.1 Å². The number of hydrogen-bond donors (Lipinski definition) is 0. The fourth-order valence-electron chi connectivity index (χ4n) is 2.27. The first-order chi connectivity index (χ1) is 12.8. The Labute approximate surface area is 187 Å². The third-order valence-corrected chi connectivity index (χ3v) is 3.46. The average Bonchev–Trinajstić information content (AvgIpc) is 2.42. The van der Waals surface area contributed by atoms with E-state index in [9.17, 15) is 50.4 Å². The van der Waals surface area contributed by atoms with E-state index in [2.05, 4.69) is 13.8 Å². The van der Waals surface area contributed by atoms with Gasteiger partial charge in [0.2, 0.25) is 0 Å². The standard InChI is InChI=1S/C16H34.2F6P.Mn/c1-3-5-7-9-11-13-15-16-14-12-10-8-6-4-2;2*1-7(2,3,4,5)6;/h3-16H2,1-2H3;;;/q;2*-1;+2. The monoisotopic (exact) mass is 571 g/mol. The Kier molecular flexibility index (Phi) is 16.8. The van der Waals surface area contributed by atoms with Crippen LogP contribution >= 0.6 is 15.6 Å². The zero-order valence-corrected chi connectivity index (χ0v) is 20.7. The summed E-state index contributed by atoms with van der Waals surface area (Å²) < 4.78 is 118. The van der Waals surface area contributed by atoms with Gasteiger partial charge in [-0.05, 0) is 0 Å². The molecule has 0 saturated carbocycles. The second kappa shape index (κ2) is 13.4. The zero-order chi connectivity index (χ0) is 24.7. The summed E-state index contributed by atoms with van der Waals surface area (Å²) in [5, 5.41) is 0. The Hall–Kier alpha value is 0.539. The van der Waals surface area contributed by atoms with Crippen molar-refractivity contribution < 1.29 is 67.4 Å². The molecule has 0 fully saturated rings. The van der Waals surface area contributed by atoms with E-state index in [1.165, 1.54) is 89.9 Å². The van der Waals surface area contributed by atoms with Crippen molar-refractivity contribution in [3.05, 3.63) is 0 Å². The minimum atomic E-state index is -10.7. The van der Waals surface area contributed by atoms with Crippen molar-refractivity contribution in [1.82, 2.24) is 0 Å². The number of halogens is 12. The molecule has 0 aliphatic rings. The van der Waals surface area contributed by atoms with E-state index >= 15 is 0 Å². The molecule has 0 unspecified atom stereocenters. The van der Waals surface area contributed by atoms with Crippen molar-refractivity contribution in [3.63, 3.8) is 0 Å². The van der Waals surface area contributed by atoms with E-state index in [1.807, 2.05) is 0 Å². The van der Waals surface area contributed by atoms with Gasteiger partial charge in [-0.1, -0.05) is 104 Å². The molecule has 0 aliphatic heterocycles. The topological polar surface area (TPSA) is 0 Å². The van der Waals surface area contributed by atoms with E-state index in [0.29, 0.717) is 0 Å². The van der Waals surface area contributed by atoms with Crippen LogP contribution in [0.3, 0.4) is 0 Å². The molecule has 0 aromatic heterocycles. The van der Waals surface area contributed by atoms with Gasteiger partial charge in [0.05, 0.1) is 0 Å². The summed E-state index contributed by atoms with van der Waals surface area (Å²) in [5.41, 5.74) is 0. The summed E-state index contributed by atoms with van der Waals surface area (Å²) in [6.45, 7) is 4.58. The number of rotatable bonds is 13. The molecule has 0 aromatic carbocycles. The van der Waals surface area contributed by atoms with Crippen molar-refractivity contribution >= 4 is 15.6 Å². The SMILES string of the molecule is CCCCCCCCCCCCCCCC.F[P-](F)(F)(F)(F)F.F[P-](F)(F)(F)(F)F.[Mn+2]. The first-order valence-corrected chi connectivity index (χ1v) is 14.0. The van der Waals surface area contributed by atoms with Crippen molar-refractivity contribution in [2.45, 2.75) is 104 Å². The molecule has 0 aromatic rings. The molecular formula is C16H34F12MnP2. The summed E-state index contributed by atoms with van der Waals surface area (Å²) in [6, 6.07) is 0. The minimum absolute atomic E-state index is 0. The smallest absolute Gasteiger partial charge is 2.00 e. The van der Waals surface area contributed by atoms with Gasteiger partial charge in [0.1, 0.15) is 0 Å². The molecule has 0 atom stereocenters. The van der Waals surface area contributed by atoms with Crippen LogP contribution in [0.15, 0.2) is 0 Å². The third-order valence-electron chi connectivity index (χ3n) is 3.46. The van der Waals surface area contributed by atoms with Crippen LogP contribution < -0.4 is 0 Å². The molecule has 0 rings (SSSR count). The van der Waals surface area contributed by atoms with Gasteiger partial charge in [0, 0.05) is 0 Å². The van der Waals surface area contributed by atoms with E-state index < -0.39 is 15.6 Å². The molecule has 0 aliphatic carbocycles. The van der Waals surface area contributed by atoms with Crippen molar-refractivity contribution in [2.24, 2.45) is 0 Å². The molecular weight excluding hydrogens is 537 g/mol. The van der Waals surface area contributed by atoms with Gasteiger partial charge in [-0.3, -0.25) is 0 Å². The van der Waals surface area contributed by atoms with Gasteiger partial charge in [-0.15, -0.1) is 0 Å². The predicted molar refractivity (Wildman–Crippen MR) is 103 cm³/mol. The van der Waals surface area contributed by atoms with Crippen LogP contribution in [0.5, 0.6) is 0 Å². The Morgan fingerprint density at radius 1 is 0.323 bits per heavy atom. The van der Waals surface area contributed by atoms with Gasteiger partial charge in [-0.2, -0.15) is 0 Å². The zero-order valence-electron chi connectivity index (χ0n) is 17.7. The van der Waals surface area contributed by atoms with Gasteiger partial charge in [0.25, 0.3) is 0 Å². The molecule has 0 nitrogen and oxygen atoms in total. The molecule has 0 heterocycles. The summed E-state index contributed by atoms with van der Waals surface area (Å²) >= 11 is 0. The maximum Gasteiger partial charge on any atom is 2.00 e. The first kappa shape index (κ1) is 38.8. The molecule has 0 saturated heterocycles. The molecule has 0 bridgehead atoms. The summed E-state index contributed by atoms with van der Waals surface area (Å²) in [7, 11) is -21.3. The van der Waals surface area contributed by atoms with Crippen LogP contribution in [0, 0.1) is 0 Å². The molecule has 15 heteroatoms. The van der Waals surface area contributed by atoms with Gasteiger partial charge < -0.3 is 0 Å². The molecule has 199 valence electrons. The molecule has 1 radical (unpaired) electrons. The first-order valence-electron chi connectivity index (χ1n) is 9.94. The Balaban J connectivity index is -0.000000202. The largest absolute Gasteiger partial charge is 2.00 e. The molecule has 0 spiro atoms. The predicted octanol–water partition coefficient (Wildman–Crippen LogP) is 13.2. The van der Waals surface area contributed by atoms with E-state index in [0.717, 1.165) is 0 Å². The molecule has 0 amide bonds. The summed E-state index contributed by atoms with van der Waals surface area (Å²) in [4.78, 5) is 0. The van der Waals surface area contributed by atoms with E-state index in [4.69, 9.17) is 0 Å². The van der Waals surface area contributed by atoms with Crippen LogP contribution in [0.1, 0.15) is 104 Å². The minimum Gasteiger partial charge on any atom is 2.00 e. The van der Waals surface area contributed by atoms with Gasteiger partial charge in [0.15, 0.2) is 0 Å². The maximum atomic E-state index is 9.87. The molecule has 0 N–H and O–H groups in total. The summed E-state index contributed by atoms with van der Waals surface area (Å²) in [5.74, 6) is 0. The second-order valence-corrected chi connectivity index (χ2v) is 11.0. The van der Waals surface area contributed by atoms with Crippen LogP contribution in [-0.2, 0) is 17.1 Å². The number of unbranched alkanes of at least 4 members (excludes halogenated alkanes) is 13. The maximum absolute atomic E-state index is 10.7. The van der Waals surface area contributed by atoms with Crippen LogP contribution in [0.4, 0.5) is 50.4 Å². The van der Waals surface area contributed by atoms with Gasteiger partial charge in [-0.25, -0.2) is 0 Å². The van der Waals surface area contributed by atoms with Crippen molar-refractivity contribution in [3.8, 4) is 0 Å². The van der Waals surface area contributed by atoms with Crippen LogP contribution in [0.2, 0.25) is 0 Å². The fraction of sp³-hybridized carbons (Fsp3) is 1.00. The van der Waals surface area contributed by atoms with Crippen LogP contribution in [-0.4, -0.2) is 0 Å². The average molecular weight is 571 g/mol. The fourth-order valence-corrected chi connectivity index (χ4v) is 2.27. The number of hydrogen-bond acceptors (Lipinski definition) is 0. The second-order valence-electron chi connectivity index (χ2n) is 7.16. The Morgan fingerprint density at radius 3 is 0.516 bits per heavy atom. The van der Waals surface area contributed by atoms with Crippen LogP contribution in [0.25, 0.3) is 0 Å². The van der Waals surface area contributed by atoms with Crippen molar-refractivity contribution in [1.29, 1.82) is 0 Å². The molecule has 31 heavy (non-hydrogen) atoms. The quantitative estimate of drug-likeness (QED) is 0.0893. The van der Waals surface area contributed by atoms with Crippen molar-refractivity contribution in [2.75, 3.05) is 0 Å². The normalized spacial score (nSPS) is 16.1. The van der Waals surface area contributed by atoms with Gasteiger partial charge >= 0.3 is 83.0 Å². The van der Waals surface area contributed by atoms with E-state index in [1.54, 1.807) is 0 Å². The summed E-state index contributed by atoms with van der Waals surface area (Å²) in [6.07, 6.45) is 20.4. The third kappa shape index (κ3) is 136. The Morgan fingerprint density at radius 2 is 0.419 bits per heavy atom. The Bertz CT molecular complexity index is 364.